The highest BCUT2D eigenvalue weighted by molar-refractivity contribution is 7.12. The summed E-state index contributed by atoms with van der Waals surface area (Å²) in [6.45, 7) is 5.70. The van der Waals surface area contributed by atoms with Crippen molar-refractivity contribution in [3.8, 4) is 0 Å². The number of benzene rings is 1. The maximum absolute atomic E-state index is 12.6. The second-order valence-electron chi connectivity index (χ2n) is 6.61. The Morgan fingerprint density at radius 1 is 1.11 bits per heavy atom. The minimum Gasteiger partial charge on any atom is -0.340 e. The Labute approximate surface area is 164 Å². The minimum atomic E-state index is -0.510. The first-order valence-corrected chi connectivity index (χ1v) is 10.1. The van der Waals surface area contributed by atoms with Crippen molar-refractivity contribution in [2.45, 2.75) is 13.0 Å². The summed E-state index contributed by atoms with van der Waals surface area (Å²) in [5.41, 5.74) is 1.20. The number of piperazine rings is 1. The second-order valence-corrected chi connectivity index (χ2v) is 7.56. The fourth-order valence-electron chi connectivity index (χ4n) is 3.06. The molecule has 2 heterocycles. The third-order valence-corrected chi connectivity index (χ3v) is 5.49. The Morgan fingerprint density at radius 3 is 2.52 bits per heavy atom. The van der Waals surface area contributed by atoms with Crippen molar-refractivity contribution in [2.75, 3.05) is 32.7 Å². The van der Waals surface area contributed by atoms with Gasteiger partial charge in [-0.05, 0) is 23.9 Å². The lowest BCUT2D eigenvalue weighted by Gasteiger charge is -2.35. The van der Waals surface area contributed by atoms with Gasteiger partial charge >= 0.3 is 0 Å². The van der Waals surface area contributed by atoms with Gasteiger partial charge in [-0.15, -0.1) is 11.3 Å². The van der Waals surface area contributed by atoms with Crippen molar-refractivity contribution in [2.24, 2.45) is 0 Å². The number of rotatable bonds is 6. The zero-order chi connectivity index (χ0) is 19.1. The van der Waals surface area contributed by atoms with Gasteiger partial charge in [0.15, 0.2) is 0 Å². The van der Waals surface area contributed by atoms with Crippen molar-refractivity contribution in [1.29, 1.82) is 0 Å². The molecular weight excluding hydrogens is 358 g/mol. The van der Waals surface area contributed by atoms with E-state index in [1.165, 1.54) is 16.9 Å². The van der Waals surface area contributed by atoms with E-state index in [4.69, 9.17) is 0 Å². The molecule has 27 heavy (non-hydrogen) atoms. The van der Waals surface area contributed by atoms with Crippen molar-refractivity contribution in [1.82, 2.24) is 15.1 Å². The van der Waals surface area contributed by atoms with E-state index in [1.54, 1.807) is 13.0 Å². The molecule has 0 bridgehead atoms. The predicted octanol–water partition coefficient (Wildman–Crippen LogP) is 2.72. The first-order valence-electron chi connectivity index (χ1n) is 9.20. The summed E-state index contributed by atoms with van der Waals surface area (Å²) in [6, 6.07) is 13.3. The molecule has 5 nitrogen and oxygen atoms in total. The number of carbonyl (C=O) groups excluding carboxylic acids is 2. The molecule has 1 aromatic heterocycles. The van der Waals surface area contributed by atoms with E-state index in [1.807, 2.05) is 34.5 Å². The normalized spacial score (nSPS) is 16.4. The third kappa shape index (κ3) is 5.52. The van der Waals surface area contributed by atoms with E-state index in [0.717, 1.165) is 19.6 Å². The number of amides is 2. The van der Waals surface area contributed by atoms with E-state index >= 15 is 0 Å². The van der Waals surface area contributed by atoms with Crippen molar-refractivity contribution in [3.63, 3.8) is 0 Å². The minimum absolute atomic E-state index is 0.0145. The van der Waals surface area contributed by atoms with Gasteiger partial charge in [0.25, 0.3) is 5.91 Å². The van der Waals surface area contributed by atoms with Crippen LogP contribution in [0.3, 0.4) is 0 Å². The lowest BCUT2D eigenvalue weighted by atomic mass is 10.2. The average Bonchev–Trinajstić information content (AvgIpc) is 3.24. The van der Waals surface area contributed by atoms with Gasteiger partial charge in [0.2, 0.25) is 5.91 Å². The van der Waals surface area contributed by atoms with Gasteiger partial charge in [0, 0.05) is 32.7 Å². The lowest BCUT2D eigenvalue weighted by molar-refractivity contribution is -0.134. The first kappa shape index (κ1) is 19.3. The van der Waals surface area contributed by atoms with Crippen LogP contribution in [0.2, 0.25) is 0 Å². The topological polar surface area (TPSA) is 52.7 Å². The number of thiophene rings is 1. The quantitative estimate of drug-likeness (QED) is 0.835. The highest BCUT2D eigenvalue weighted by Crippen LogP contribution is 2.10. The van der Waals surface area contributed by atoms with Crippen LogP contribution in [-0.2, 0) is 4.79 Å². The summed E-state index contributed by atoms with van der Waals surface area (Å²) in [5.74, 6) is -0.199. The number of carbonyl (C=O) groups is 2. The maximum atomic E-state index is 12.6. The number of hydrogen-bond donors (Lipinski definition) is 1. The van der Waals surface area contributed by atoms with E-state index in [2.05, 4.69) is 34.5 Å². The van der Waals surface area contributed by atoms with Gasteiger partial charge in [-0.3, -0.25) is 14.5 Å². The molecule has 1 saturated heterocycles. The molecule has 0 aliphatic carbocycles. The van der Waals surface area contributed by atoms with Gasteiger partial charge in [-0.2, -0.15) is 0 Å². The van der Waals surface area contributed by atoms with Gasteiger partial charge < -0.3 is 10.2 Å². The summed E-state index contributed by atoms with van der Waals surface area (Å²) < 4.78 is 0. The largest absolute Gasteiger partial charge is 0.340 e. The van der Waals surface area contributed by atoms with Crippen LogP contribution in [0.5, 0.6) is 0 Å². The molecule has 2 aromatic rings. The summed E-state index contributed by atoms with van der Waals surface area (Å²) in [7, 11) is 0. The standard InChI is InChI=1S/C21H25N3O2S/c1-17(22-20(25)19-10-6-16-27-19)21(26)24-14-12-23(13-15-24)11-5-9-18-7-3-2-4-8-18/h2-10,16-17H,11-15H2,1H3,(H,22,25)/b9-5+. The average molecular weight is 384 g/mol. The van der Waals surface area contributed by atoms with Crippen LogP contribution in [0, 0.1) is 0 Å². The Bertz CT molecular complexity index is 766. The molecule has 1 aromatic carbocycles. The van der Waals surface area contributed by atoms with E-state index in [0.29, 0.717) is 18.0 Å². The van der Waals surface area contributed by atoms with E-state index in [-0.39, 0.29) is 11.8 Å². The Kier molecular flexibility index (Phi) is 6.79. The molecule has 1 atom stereocenters. The Morgan fingerprint density at radius 2 is 1.85 bits per heavy atom. The van der Waals surface area contributed by atoms with Gasteiger partial charge in [-0.1, -0.05) is 48.6 Å². The SMILES string of the molecule is CC(NC(=O)c1cccs1)C(=O)N1CCN(C/C=C/c2ccccc2)CC1. The highest BCUT2D eigenvalue weighted by Gasteiger charge is 2.25. The van der Waals surface area contributed by atoms with Crippen molar-refractivity contribution >= 4 is 29.2 Å². The zero-order valence-corrected chi connectivity index (χ0v) is 16.3. The molecular formula is C21H25N3O2S. The highest BCUT2D eigenvalue weighted by atomic mass is 32.1. The zero-order valence-electron chi connectivity index (χ0n) is 15.5. The Balaban J connectivity index is 1.42. The molecule has 0 radical (unpaired) electrons. The molecule has 1 unspecified atom stereocenters. The monoisotopic (exact) mass is 383 g/mol. The number of hydrogen-bond acceptors (Lipinski definition) is 4. The van der Waals surface area contributed by atoms with Gasteiger partial charge in [0.05, 0.1) is 4.88 Å². The summed E-state index contributed by atoms with van der Waals surface area (Å²) in [6.07, 6.45) is 4.29. The maximum Gasteiger partial charge on any atom is 0.261 e. The molecule has 1 N–H and O–H groups in total. The van der Waals surface area contributed by atoms with Crippen LogP contribution < -0.4 is 5.32 Å². The molecule has 3 rings (SSSR count). The molecule has 2 amide bonds. The van der Waals surface area contributed by atoms with Crippen molar-refractivity contribution in [3.05, 3.63) is 64.4 Å². The van der Waals surface area contributed by atoms with Crippen LogP contribution in [0.1, 0.15) is 22.2 Å². The third-order valence-electron chi connectivity index (χ3n) is 4.62. The van der Waals surface area contributed by atoms with Crippen LogP contribution in [0.4, 0.5) is 0 Å². The summed E-state index contributed by atoms with van der Waals surface area (Å²) in [4.78, 5) is 29.5. The molecule has 1 aliphatic rings. The molecule has 0 saturated carbocycles. The second kappa shape index (κ2) is 9.48. The smallest absolute Gasteiger partial charge is 0.261 e. The lowest BCUT2D eigenvalue weighted by Crippen LogP contribution is -2.54. The van der Waals surface area contributed by atoms with E-state index < -0.39 is 6.04 Å². The molecule has 1 fully saturated rings. The number of nitrogens with zero attached hydrogens (tertiary/aromatic N) is 2. The fourth-order valence-corrected chi connectivity index (χ4v) is 3.69. The van der Waals surface area contributed by atoms with Gasteiger partial charge in [-0.25, -0.2) is 0 Å². The molecule has 1 aliphatic heterocycles. The molecule has 6 heteroatoms. The first-order chi connectivity index (χ1) is 13.1. The van der Waals surface area contributed by atoms with Crippen LogP contribution in [0.25, 0.3) is 6.08 Å². The van der Waals surface area contributed by atoms with Crippen LogP contribution in [-0.4, -0.2) is 60.4 Å². The summed E-state index contributed by atoms with van der Waals surface area (Å²) in [5, 5.41) is 4.65. The van der Waals surface area contributed by atoms with Crippen LogP contribution >= 0.6 is 11.3 Å². The van der Waals surface area contributed by atoms with Crippen LogP contribution in [0.15, 0.2) is 53.9 Å². The Hall–Kier alpha value is -2.44. The van der Waals surface area contributed by atoms with Crippen molar-refractivity contribution < 1.29 is 9.59 Å². The number of nitrogens with one attached hydrogen (secondary N) is 1. The molecule has 142 valence electrons. The summed E-state index contributed by atoms with van der Waals surface area (Å²) >= 11 is 1.38. The predicted molar refractivity (Wildman–Crippen MR) is 110 cm³/mol. The molecule has 0 spiro atoms. The van der Waals surface area contributed by atoms with Gasteiger partial charge in [0.1, 0.15) is 6.04 Å². The fraction of sp³-hybridized carbons (Fsp3) is 0.333. The van der Waals surface area contributed by atoms with E-state index in [9.17, 15) is 9.59 Å².